The summed E-state index contributed by atoms with van der Waals surface area (Å²) in [7, 11) is 2.94. The predicted molar refractivity (Wildman–Crippen MR) is 87.8 cm³/mol. The largest absolute Gasteiger partial charge is 0.497 e. The Labute approximate surface area is 136 Å². The molecule has 4 nitrogen and oxygen atoms in total. The number of allylic oxidation sites excluding steroid dienone is 5. The molecule has 0 amide bonds. The standard InChI is InChI=1S/C19H19NO3/c1-19(15-7-9-16(22-2)10-8-15)12-4-5-14(17(19)13-20)6-11-18(21)23-3/h4-12,17H,1-3H3. The fourth-order valence-electron chi connectivity index (χ4n) is 2.70. The highest BCUT2D eigenvalue weighted by molar-refractivity contribution is 5.82. The van der Waals surface area contributed by atoms with Crippen molar-refractivity contribution in [1.29, 1.82) is 5.26 Å². The lowest BCUT2D eigenvalue weighted by Crippen LogP contribution is -2.31. The summed E-state index contributed by atoms with van der Waals surface area (Å²) in [5, 5.41) is 9.68. The summed E-state index contributed by atoms with van der Waals surface area (Å²) in [5.74, 6) is -0.0721. The Morgan fingerprint density at radius 3 is 2.57 bits per heavy atom. The topological polar surface area (TPSA) is 59.3 Å². The van der Waals surface area contributed by atoms with Crippen LogP contribution in [0.3, 0.4) is 0 Å². The fourth-order valence-corrected chi connectivity index (χ4v) is 2.70. The fraction of sp³-hybridized carbons (Fsp3) is 0.263. The summed E-state index contributed by atoms with van der Waals surface area (Å²) in [6.45, 7) is 2.01. The molecule has 0 aromatic heterocycles. The maximum atomic E-state index is 11.3. The zero-order valence-electron chi connectivity index (χ0n) is 13.4. The van der Waals surface area contributed by atoms with Gasteiger partial charge in [-0.05, 0) is 23.3 Å². The Morgan fingerprint density at radius 2 is 2.00 bits per heavy atom. The molecule has 0 fully saturated rings. The van der Waals surface area contributed by atoms with Gasteiger partial charge in [0, 0.05) is 11.5 Å². The molecule has 0 spiro atoms. The molecular weight excluding hydrogens is 290 g/mol. The van der Waals surface area contributed by atoms with Crippen molar-refractivity contribution in [1.82, 2.24) is 0 Å². The van der Waals surface area contributed by atoms with Crippen molar-refractivity contribution in [3.8, 4) is 11.8 Å². The van der Waals surface area contributed by atoms with E-state index in [2.05, 4.69) is 10.8 Å². The maximum absolute atomic E-state index is 11.3. The van der Waals surface area contributed by atoms with Gasteiger partial charge < -0.3 is 9.47 Å². The minimum atomic E-state index is -0.481. The van der Waals surface area contributed by atoms with E-state index in [0.717, 1.165) is 16.9 Å². The van der Waals surface area contributed by atoms with E-state index in [1.807, 2.05) is 49.4 Å². The molecule has 0 bridgehead atoms. The summed E-state index contributed by atoms with van der Waals surface area (Å²) in [5.41, 5.74) is 1.31. The van der Waals surface area contributed by atoms with Crippen molar-refractivity contribution in [2.75, 3.05) is 14.2 Å². The molecule has 1 aliphatic rings. The molecule has 1 aromatic rings. The van der Waals surface area contributed by atoms with Crippen molar-refractivity contribution in [3.63, 3.8) is 0 Å². The van der Waals surface area contributed by atoms with Gasteiger partial charge in [-0.2, -0.15) is 5.26 Å². The molecule has 2 atom stereocenters. The number of nitrogens with zero attached hydrogens (tertiary/aromatic N) is 1. The molecule has 0 saturated heterocycles. The molecule has 2 rings (SSSR count). The van der Waals surface area contributed by atoms with Crippen LogP contribution in [0.25, 0.3) is 0 Å². The monoisotopic (exact) mass is 309 g/mol. The Hall–Kier alpha value is -2.80. The van der Waals surface area contributed by atoms with Gasteiger partial charge in [0.2, 0.25) is 0 Å². The van der Waals surface area contributed by atoms with Crippen LogP contribution in [0.2, 0.25) is 0 Å². The minimum absolute atomic E-state index is 0.401. The molecule has 0 aliphatic heterocycles. The molecular formula is C19H19NO3. The van der Waals surface area contributed by atoms with Crippen LogP contribution in [-0.4, -0.2) is 20.2 Å². The van der Waals surface area contributed by atoms with E-state index in [4.69, 9.17) is 4.74 Å². The highest BCUT2D eigenvalue weighted by atomic mass is 16.5. The van der Waals surface area contributed by atoms with Crippen LogP contribution in [0.15, 0.2) is 60.2 Å². The lowest BCUT2D eigenvalue weighted by Gasteiger charge is -2.34. The van der Waals surface area contributed by atoms with Crippen molar-refractivity contribution >= 4 is 5.97 Å². The average Bonchev–Trinajstić information content (AvgIpc) is 2.59. The first-order valence-corrected chi connectivity index (χ1v) is 7.24. The molecule has 1 aromatic carbocycles. The van der Waals surface area contributed by atoms with E-state index in [9.17, 15) is 10.1 Å². The zero-order chi connectivity index (χ0) is 16.9. The number of hydrogen-bond donors (Lipinski definition) is 0. The second-order valence-corrected chi connectivity index (χ2v) is 5.46. The average molecular weight is 309 g/mol. The maximum Gasteiger partial charge on any atom is 0.330 e. The lowest BCUT2D eigenvalue weighted by molar-refractivity contribution is -0.134. The Morgan fingerprint density at radius 1 is 1.30 bits per heavy atom. The second kappa shape index (κ2) is 6.97. The SMILES string of the molecule is COC(=O)C=CC1=CC=CC(C)(c2ccc(OC)cc2)C1C#N. The lowest BCUT2D eigenvalue weighted by atomic mass is 9.67. The molecule has 0 radical (unpaired) electrons. The van der Waals surface area contributed by atoms with Gasteiger partial charge in [-0.25, -0.2) is 4.79 Å². The molecule has 0 saturated carbocycles. The second-order valence-electron chi connectivity index (χ2n) is 5.46. The third-order valence-corrected chi connectivity index (χ3v) is 4.12. The summed E-state index contributed by atoms with van der Waals surface area (Å²) in [4.78, 5) is 11.3. The van der Waals surface area contributed by atoms with Gasteiger partial charge in [0.1, 0.15) is 5.75 Å². The Bertz CT molecular complexity index is 707. The normalized spacial score (nSPS) is 23.2. The van der Waals surface area contributed by atoms with Gasteiger partial charge in [0.15, 0.2) is 0 Å². The molecule has 0 N–H and O–H groups in total. The Balaban J connectivity index is 2.37. The van der Waals surface area contributed by atoms with E-state index < -0.39 is 17.3 Å². The first-order chi connectivity index (χ1) is 11.0. The molecule has 1 aliphatic carbocycles. The van der Waals surface area contributed by atoms with E-state index in [1.165, 1.54) is 13.2 Å². The predicted octanol–water partition coefficient (Wildman–Crippen LogP) is 3.32. The molecule has 23 heavy (non-hydrogen) atoms. The summed E-state index contributed by atoms with van der Waals surface area (Å²) >= 11 is 0. The van der Waals surface area contributed by atoms with Crippen LogP contribution in [0.1, 0.15) is 12.5 Å². The third-order valence-electron chi connectivity index (χ3n) is 4.12. The first kappa shape index (κ1) is 16.6. The van der Waals surface area contributed by atoms with Crippen LogP contribution in [-0.2, 0) is 14.9 Å². The van der Waals surface area contributed by atoms with Crippen molar-refractivity contribution in [2.24, 2.45) is 5.92 Å². The number of carbonyl (C=O) groups excluding carboxylic acids is 1. The van der Waals surface area contributed by atoms with Gasteiger partial charge in [-0.1, -0.05) is 43.4 Å². The van der Waals surface area contributed by atoms with Gasteiger partial charge >= 0.3 is 5.97 Å². The molecule has 0 heterocycles. The number of nitriles is 1. The van der Waals surface area contributed by atoms with Crippen LogP contribution in [0.5, 0.6) is 5.75 Å². The molecule has 2 unspecified atom stereocenters. The highest BCUT2D eigenvalue weighted by Crippen LogP contribution is 2.41. The number of carbonyl (C=O) groups is 1. The highest BCUT2D eigenvalue weighted by Gasteiger charge is 2.37. The van der Waals surface area contributed by atoms with Crippen LogP contribution in [0, 0.1) is 17.2 Å². The number of esters is 1. The van der Waals surface area contributed by atoms with Gasteiger partial charge in [0.25, 0.3) is 0 Å². The van der Waals surface area contributed by atoms with Crippen LogP contribution < -0.4 is 4.74 Å². The van der Waals surface area contributed by atoms with E-state index in [1.54, 1.807) is 13.2 Å². The van der Waals surface area contributed by atoms with E-state index in [0.29, 0.717) is 0 Å². The summed E-state index contributed by atoms with van der Waals surface area (Å²) in [6, 6.07) is 10.0. The van der Waals surface area contributed by atoms with E-state index >= 15 is 0 Å². The van der Waals surface area contributed by atoms with E-state index in [-0.39, 0.29) is 0 Å². The number of hydrogen-bond acceptors (Lipinski definition) is 4. The molecule has 4 heteroatoms. The van der Waals surface area contributed by atoms with Gasteiger partial charge in [-0.15, -0.1) is 0 Å². The number of benzene rings is 1. The Kier molecular flexibility index (Phi) is 5.02. The zero-order valence-corrected chi connectivity index (χ0v) is 13.4. The number of methoxy groups -OCH3 is 2. The van der Waals surface area contributed by atoms with Crippen LogP contribution >= 0.6 is 0 Å². The smallest absolute Gasteiger partial charge is 0.330 e. The summed E-state index contributed by atoms with van der Waals surface area (Å²) in [6.07, 6.45) is 8.75. The van der Waals surface area contributed by atoms with Crippen molar-refractivity contribution in [3.05, 3.63) is 65.8 Å². The van der Waals surface area contributed by atoms with Crippen molar-refractivity contribution in [2.45, 2.75) is 12.3 Å². The minimum Gasteiger partial charge on any atom is -0.497 e. The summed E-state index contributed by atoms with van der Waals surface area (Å²) < 4.78 is 9.79. The first-order valence-electron chi connectivity index (χ1n) is 7.24. The van der Waals surface area contributed by atoms with Crippen molar-refractivity contribution < 1.29 is 14.3 Å². The van der Waals surface area contributed by atoms with Crippen LogP contribution in [0.4, 0.5) is 0 Å². The number of rotatable bonds is 4. The van der Waals surface area contributed by atoms with Gasteiger partial charge in [-0.3, -0.25) is 0 Å². The molecule has 118 valence electrons. The van der Waals surface area contributed by atoms with Gasteiger partial charge in [0.05, 0.1) is 26.2 Å². The number of ether oxygens (including phenoxy) is 2. The quantitative estimate of drug-likeness (QED) is 0.632. The third kappa shape index (κ3) is 3.35.